The molecule has 7 nitrogen and oxygen atoms in total. The summed E-state index contributed by atoms with van der Waals surface area (Å²) in [6, 6.07) is 9.60. The number of ether oxygens (including phenoxy) is 2. The van der Waals surface area contributed by atoms with E-state index < -0.39 is 29.6 Å². The molecule has 2 aromatic carbocycles. The van der Waals surface area contributed by atoms with Gasteiger partial charge in [0.25, 0.3) is 5.91 Å². The molecule has 33 heavy (non-hydrogen) atoms. The maximum absolute atomic E-state index is 13.4. The minimum atomic E-state index is -4.83. The third-order valence-corrected chi connectivity index (χ3v) is 6.14. The van der Waals surface area contributed by atoms with Crippen molar-refractivity contribution in [2.45, 2.75) is 31.8 Å². The number of alkyl halides is 3. The van der Waals surface area contributed by atoms with E-state index in [1.54, 1.807) is 26.3 Å². The van der Waals surface area contributed by atoms with Crippen molar-refractivity contribution in [2.24, 2.45) is 0 Å². The summed E-state index contributed by atoms with van der Waals surface area (Å²) in [6.07, 6.45) is -2.85. The quantitative estimate of drug-likeness (QED) is 0.545. The number of hydrogen-bond acceptors (Lipinski definition) is 5. The molecule has 1 fully saturated rings. The molecule has 0 bridgehead atoms. The molecule has 0 aliphatic carbocycles. The van der Waals surface area contributed by atoms with E-state index in [4.69, 9.17) is 4.74 Å². The minimum absolute atomic E-state index is 0.170. The summed E-state index contributed by atoms with van der Waals surface area (Å²) in [5.74, 6) is -0.237. The number of benzene rings is 2. The summed E-state index contributed by atoms with van der Waals surface area (Å²) in [6.45, 7) is 1.88. The maximum atomic E-state index is 13.4. The lowest BCUT2D eigenvalue weighted by atomic mass is 9.84. The molecule has 3 heterocycles. The Bertz CT molecular complexity index is 1290. The summed E-state index contributed by atoms with van der Waals surface area (Å²) in [4.78, 5) is 33.7. The highest BCUT2D eigenvalue weighted by Gasteiger charge is 2.56. The van der Waals surface area contributed by atoms with Crippen LogP contribution in [0.5, 0.6) is 11.5 Å². The molecule has 5 rings (SSSR count). The number of fused-ring (bicyclic) bond motifs is 4. The fourth-order valence-electron chi connectivity index (χ4n) is 4.48. The normalized spacial score (nSPS) is 20.2. The van der Waals surface area contributed by atoms with E-state index in [-0.39, 0.29) is 18.7 Å². The Morgan fingerprint density at radius 1 is 1.06 bits per heavy atom. The largest absolute Gasteiger partial charge is 0.573 e. The number of nitrogens with zero attached hydrogens (tertiary/aromatic N) is 3. The van der Waals surface area contributed by atoms with Gasteiger partial charge in [0, 0.05) is 24.5 Å². The Labute approximate surface area is 186 Å². The fourth-order valence-corrected chi connectivity index (χ4v) is 4.48. The van der Waals surface area contributed by atoms with Crippen molar-refractivity contribution in [1.82, 2.24) is 9.88 Å². The van der Waals surface area contributed by atoms with E-state index in [0.717, 1.165) is 39.1 Å². The van der Waals surface area contributed by atoms with Crippen molar-refractivity contribution in [1.29, 1.82) is 0 Å². The molecule has 1 saturated heterocycles. The van der Waals surface area contributed by atoms with Crippen LogP contribution in [0.3, 0.4) is 0 Å². The van der Waals surface area contributed by atoms with Crippen molar-refractivity contribution < 1.29 is 32.2 Å². The van der Waals surface area contributed by atoms with Gasteiger partial charge in [-0.2, -0.15) is 0 Å². The van der Waals surface area contributed by atoms with Crippen LogP contribution in [0.25, 0.3) is 10.9 Å². The third-order valence-electron chi connectivity index (χ3n) is 6.14. The minimum Gasteiger partial charge on any atom is -0.497 e. The van der Waals surface area contributed by atoms with E-state index in [9.17, 15) is 22.8 Å². The number of imide groups is 1. The summed E-state index contributed by atoms with van der Waals surface area (Å²) in [5, 5.41) is 0.834. The van der Waals surface area contributed by atoms with Crippen LogP contribution < -0.4 is 14.4 Å². The van der Waals surface area contributed by atoms with Gasteiger partial charge in [-0.25, -0.2) is 9.69 Å². The van der Waals surface area contributed by atoms with Crippen LogP contribution >= 0.6 is 0 Å². The summed E-state index contributed by atoms with van der Waals surface area (Å²) < 4.78 is 46.5. The second-order valence-electron chi connectivity index (χ2n) is 8.15. The number of hydrogen-bond donors (Lipinski definition) is 0. The van der Waals surface area contributed by atoms with Gasteiger partial charge in [0.2, 0.25) is 0 Å². The number of amides is 3. The molecule has 0 N–H and O–H groups in total. The van der Waals surface area contributed by atoms with Gasteiger partial charge in [-0.05, 0) is 60.5 Å². The van der Waals surface area contributed by atoms with Gasteiger partial charge in [0.1, 0.15) is 17.0 Å². The van der Waals surface area contributed by atoms with Gasteiger partial charge < -0.3 is 14.4 Å². The summed E-state index contributed by atoms with van der Waals surface area (Å²) >= 11 is 0. The molecular weight excluding hydrogens is 439 g/mol. The molecule has 1 atom stereocenters. The van der Waals surface area contributed by atoms with Crippen LogP contribution in [-0.4, -0.2) is 40.8 Å². The second kappa shape index (κ2) is 7.09. The average molecular weight is 457 g/mol. The van der Waals surface area contributed by atoms with Crippen molar-refractivity contribution in [2.75, 3.05) is 12.0 Å². The van der Waals surface area contributed by atoms with Crippen LogP contribution in [0.15, 0.2) is 48.7 Å². The van der Waals surface area contributed by atoms with Crippen molar-refractivity contribution in [3.8, 4) is 11.5 Å². The maximum Gasteiger partial charge on any atom is 0.573 e. The fraction of sp³-hybridized carbons (Fsp3) is 0.261. The van der Waals surface area contributed by atoms with Gasteiger partial charge >= 0.3 is 12.4 Å². The predicted octanol–water partition coefficient (Wildman–Crippen LogP) is 4.43. The molecular formula is C23H18F3N3O4. The van der Waals surface area contributed by atoms with E-state index >= 15 is 0 Å². The summed E-state index contributed by atoms with van der Waals surface area (Å²) in [7, 11) is 1.56. The first-order chi connectivity index (χ1) is 15.6. The highest BCUT2D eigenvalue weighted by Crippen LogP contribution is 2.42. The molecule has 3 amide bonds. The third kappa shape index (κ3) is 3.33. The molecule has 1 unspecified atom stereocenters. The van der Waals surface area contributed by atoms with Gasteiger partial charge in [-0.3, -0.25) is 9.78 Å². The van der Waals surface area contributed by atoms with E-state index in [2.05, 4.69) is 9.72 Å². The lowest BCUT2D eigenvalue weighted by molar-refractivity contribution is -0.274. The first-order valence-corrected chi connectivity index (χ1v) is 10.1. The number of methoxy groups -OCH3 is 1. The smallest absolute Gasteiger partial charge is 0.497 e. The topological polar surface area (TPSA) is 72.0 Å². The lowest BCUT2D eigenvalue weighted by Crippen LogP contribution is -2.51. The molecule has 170 valence electrons. The van der Waals surface area contributed by atoms with Crippen LogP contribution in [0.4, 0.5) is 23.7 Å². The molecule has 2 aliphatic heterocycles. The molecule has 1 aromatic heterocycles. The number of rotatable bonds is 3. The number of urea groups is 1. The number of carbonyl (C=O) groups excluding carboxylic acids is 2. The second-order valence-corrected chi connectivity index (χ2v) is 8.15. The van der Waals surface area contributed by atoms with Gasteiger partial charge in [-0.15, -0.1) is 13.2 Å². The van der Waals surface area contributed by atoms with E-state index in [1.165, 1.54) is 17.0 Å². The van der Waals surface area contributed by atoms with E-state index in [1.807, 2.05) is 12.1 Å². The van der Waals surface area contributed by atoms with Gasteiger partial charge in [0.15, 0.2) is 0 Å². The number of pyridine rings is 1. The Morgan fingerprint density at radius 3 is 2.42 bits per heavy atom. The molecule has 0 spiro atoms. The van der Waals surface area contributed by atoms with Crippen LogP contribution in [-0.2, 0) is 17.8 Å². The van der Waals surface area contributed by atoms with Gasteiger partial charge in [-0.1, -0.05) is 0 Å². The number of carbonyl (C=O) groups is 2. The zero-order valence-corrected chi connectivity index (χ0v) is 17.6. The van der Waals surface area contributed by atoms with Crippen molar-refractivity contribution in [3.05, 3.63) is 59.8 Å². The first-order valence-electron chi connectivity index (χ1n) is 10.1. The van der Waals surface area contributed by atoms with Crippen LogP contribution in [0.1, 0.15) is 18.1 Å². The SMILES string of the molecule is COc1ccc2ncc3c(c2c1)CN1C(=O)N(c2ccc(OC(F)(F)F)cc2)C(=O)C1(C)C3. The molecule has 0 saturated carbocycles. The Balaban J connectivity index is 1.51. The zero-order chi connectivity index (χ0) is 23.5. The summed E-state index contributed by atoms with van der Waals surface area (Å²) in [5.41, 5.74) is 1.51. The number of halogens is 3. The molecule has 2 aliphatic rings. The van der Waals surface area contributed by atoms with Crippen molar-refractivity contribution >= 4 is 28.5 Å². The van der Waals surface area contributed by atoms with Crippen molar-refractivity contribution in [3.63, 3.8) is 0 Å². The Morgan fingerprint density at radius 2 is 1.76 bits per heavy atom. The van der Waals surface area contributed by atoms with Gasteiger partial charge in [0.05, 0.1) is 18.3 Å². The average Bonchev–Trinajstić information content (AvgIpc) is 2.96. The van der Waals surface area contributed by atoms with E-state index in [0.29, 0.717) is 5.75 Å². The van der Waals surface area contributed by atoms with Crippen LogP contribution in [0.2, 0.25) is 0 Å². The molecule has 0 radical (unpaired) electrons. The zero-order valence-electron chi connectivity index (χ0n) is 17.6. The monoisotopic (exact) mass is 457 g/mol. The molecule has 10 heteroatoms. The standard InChI is InChI=1S/C23H18F3N3O4/c1-22-10-13-11-27-19-8-7-16(32-2)9-17(19)18(13)12-28(22)21(31)29(20(22)30)14-3-5-15(6-4-14)33-23(24,25)26/h3-9,11H,10,12H2,1-2H3. The highest BCUT2D eigenvalue weighted by molar-refractivity contribution is 6.23. The number of anilines is 1. The number of aromatic nitrogens is 1. The Hall–Kier alpha value is -3.82. The molecule has 3 aromatic rings. The Kier molecular flexibility index (Phi) is 4.52. The first kappa shape index (κ1) is 21.0. The van der Waals surface area contributed by atoms with Crippen LogP contribution in [0, 0.1) is 0 Å². The predicted molar refractivity (Wildman–Crippen MR) is 112 cm³/mol. The highest BCUT2D eigenvalue weighted by atomic mass is 19.4. The lowest BCUT2D eigenvalue weighted by Gasteiger charge is -2.37.